The van der Waals surface area contributed by atoms with Crippen LogP contribution in [-0.4, -0.2) is 69.2 Å². The van der Waals surface area contributed by atoms with E-state index in [0.29, 0.717) is 32.1 Å². The molecule has 1 aliphatic heterocycles. The molecule has 9 heteroatoms. The highest BCUT2D eigenvalue weighted by molar-refractivity contribution is 7.99. The van der Waals surface area contributed by atoms with E-state index in [1.165, 1.54) is 6.07 Å². The quantitative estimate of drug-likeness (QED) is 0.521. The Kier molecular flexibility index (Phi) is 6.65. The summed E-state index contributed by atoms with van der Waals surface area (Å²) in [6.45, 7) is 2.04. The Labute approximate surface area is 165 Å². The molecule has 1 aromatic rings. The summed E-state index contributed by atoms with van der Waals surface area (Å²) in [6.07, 6.45) is 1.86. The number of hydrogen-bond acceptors (Lipinski definition) is 4. The van der Waals surface area contributed by atoms with Crippen LogP contribution in [0.4, 0.5) is 4.39 Å². The van der Waals surface area contributed by atoms with Gasteiger partial charge >= 0.3 is 0 Å². The molecule has 150 valence electrons. The van der Waals surface area contributed by atoms with Gasteiger partial charge in [0.2, 0.25) is 10.0 Å². The first-order valence-electron chi connectivity index (χ1n) is 9.22. The highest BCUT2D eigenvalue weighted by Gasteiger charge is 2.45. The molecule has 0 unspecified atom stereocenters. The van der Waals surface area contributed by atoms with Crippen LogP contribution in [0.25, 0.3) is 0 Å². The molecule has 3 rings (SSSR count). The van der Waals surface area contributed by atoms with Gasteiger partial charge in [0.15, 0.2) is 5.96 Å². The first-order chi connectivity index (χ1) is 13.0. The Morgan fingerprint density at radius 2 is 1.96 bits per heavy atom. The van der Waals surface area contributed by atoms with E-state index in [1.54, 1.807) is 29.2 Å². The Morgan fingerprint density at radius 1 is 1.26 bits per heavy atom. The molecule has 1 aliphatic carbocycles. The molecule has 0 spiro atoms. The zero-order chi connectivity index (χ0) is 19.3. The van der Waals surface area contributed by atoms with Crippen LogP contribution in [0.3, 0.4) is 0 Å². The maximum atomic E-state index is 14.1. The molecule has 2 N–H and O–H groups in total. The van der Waals surface area contributed by atoms with E-state index < -0.39 is 10.0 Å². The molecule has 0 aromatic heterocycles. The van der Waals surface area contributed by atoms with Gasteiger partial charge in [0, 0.05) is 50.1 Å². The van der Waals surface area contributed by atoms with Gasteiger partial charge in [-0.25, -0.2) is 17.1 Å². The molecule has 0 radical (unpaired) electrons. The van der Waals surface area contributed by atoms with Crippen LogP contribution in [0.5, 0.6) is 0 Å². The molecule has 1 heterocycles. The third-order valence-electron chi connectivity index (χ3n) is 5.13. The van der Waals surface area contributed by atoms with Crippen molar-refractivity contribution in [2.24, 2.45) is 4.99 Å². The molecule has 6 nitrogen and oxygen atoms in total. The van der Waals surface area contributed by atoms with Crippen molar-refractivity contribution in [3.8, 4) is 0 Å². The van der Waals surface area contributed by atoms with Crippen LogP contribution >= 0.6 is 11.8 Å². The number of nitrogens with zero attached hydrogens (tertiary/aromatic N) is 2. The smallest absolute Gasteiger partial charge is 0.215 e. The predicted molar refractivity (Wildman–Crippen MR) is 109 cm³/mol. The summed E-state index contributed by atoms with van der Waals surface area (Å²) in [5.41, 5.74) is 0.541. The van der Waals surface area contributed by atoms with E-state index in [1.807, 2.05) is 12.1 Å². The highest BCUT2D eigenvalue weighted by Crippen LogP contribution is 2.48. The fourth-order valence-corrected chi connectivity index (χ4v) is 5.80. The largest absolute Gasteiger partial charge is 0.356 e. The Hall–Kier alpha value is -1.32. The third kappa shape index (κ3) is 5.14. The summed E-state index contributed by atoms with van der Waals surface area (Å²) in [7, 11) is -1.59. The minimum absolute atomic E-state index is 0.0385. The molecular formula is C18H27FN4O2S2. The van der Waals surface area contributed by atoms with Gasteiger partial charge in [-0.05, 0) is 24.5 Å². The molecule has 2 aliphatic rings. The summed E-state index contributed by atoms with van der Waals surface area (Å²) >= 11 is 1.78. The maximum Gasteiger partial charge on any atom is 0.215 e. The first kappa shape index (κ1) is 20.4. The van der Waals surface area contributed by atoms with Crippen molar-refractivity contribution in [2.45, 2.75) is 18.3 Å². The molecule has 27 heavy (non-hydrogen) atoms. The second-order valence-corrected chi connectivity index (χ2v) is 10.3. The minimum Gasteiger partial charge on any atom is -0.356 e. The van der Waals surface area contributed by atoms with Gasteiger partial charge in [0.05, 0.1) is 5.75 Å². The van der Waals surface area contributed by atoms with Crippen molar-refractivity contribution < 1.29 is 12.8 Å². The number of nitrogens with one attached hydrogen (secondary N) is 2. The summed E-state index contributed by atoms with van der Waals surface area (Å²) < 4.78 is 40.4. The van der Waals surface area contributed by atoms with E-state index >= 15 is 0 Å². The Balaban J connectivity index is 1.48. The Morgan fingerprint density at radius 3 is 2.59 bits per heavy atom. The predicted octanol–water partition coefficient (Wildman–Crippen LogP) is 1.40. The summed E-state index contributed by atoms with van der Waals surface area (Å²) in [5, 5.41) is 6.29. The topological polar surface area (TPSA) is 73.8 Å². The van der Waals surface area contributed by atoms with Crippen molar-refractivity contribution in [3.05, 3.63) is 35.6 Å². The van der Waals surface area contributed by atoms with E-state index in [2.05, 4.69) is 15.6 Å². The number of aliphatic imine (C=N–C) groups is 1. The van der Waals surface area contributed by atoms with Crippen LogP contribution in [0.15, 0.2) is 29.3 Å². The molecule has 0 atom stereocenters. The number of guanidine groups is 1. The van der Waals surface area contributed by atoms with Gasteiger partial charge in [0.1, 0.15) is 5.82 Å². The molecule has 1 saturated carbocycles. The van der Waals surface area contributed by atoms with Gasteiger partial charge < -0.3 is 10.6 Å². The fourth-order valence-electron chi connectivity index (χ4n) is 3.31. The van der Waals surface area contributed by atoms with Gasteiger partial charge in [0.25, 0.3) is 0 Å². The van der Waals surface area contributed by atoms with E-state index in [-0.39, 0.29) is 17.0 Å². The van der Waals surface area contributed by atoms with Crippen molar-refractivity contribution in [1.29, 1.82) is 0 Å². The lowest BCUT2D eigenvalue weighted by atomic mass is 9.95. The average molecular weight is 415 g/mol. The molecule has 2 fully saturated rings. The Bertz CT molecular complexity index is 775. The maximum absolute atomic E-state index is 14.1. The van der Waals surface area contributed by atoms with Gasteiger partial charge in [-0.2, -0.15) is 11.8 Å². The average Bonchev–Trinajstić information content (AvgIpc) is 3.46. The number of thioether (sulfide) groups is 1. The van der Waals surface area contributed by atoms with E-state index in [4.69, 9.17) is 0 Å². The summed E-state index contributed by atoms with van der Waals surface area (Å²) in [5.74, 6) is 2.12. The van der Waals surface area contributed by atoms with Crippen LogP contribution in [0.2, 0.25) is 0 Å². The van der Waals surface area contributed by atoms with Gasteiger partial charge in [-0.3, -0.25) is 4.99 Å². The van der Waals surface area contributed by atoms with Crippen molar-refractivity contribution in [2.75, 3.05) is 50.5 Å². The lowest BCUT2D eigenvalue weighted by Gasteiger charge is -2.26. The zero-order valence-corrected chi connectivity index (χ0v) is 17.2. The normalized spacial score (nSPS) is 20.3. The molecule has 1 aromatic carbocycles. The highest BCUT2D eigenvalue weighted by atomic mass is 32.2. The first-order valence-corrected chi connectivity index (χ1v) is 12.0. The van der Waals surface area contributed by atoms with Crippen molar-refractivity contribution in [1.82, 2.24) is 14.9 Å². The number of sulfonamides is 1. The SMILES string of the molecule is CN=C(NCCS(=O)(=O)N1CCSCC1)NCC1(c2ccccc2F)CC1. The molecule has 1 saturated heterocycles. The van der Waals surface area contributed by atoms with Gasteiger partial charge in [-0.15, -0.1) is 0 Å². The minimum atomic E-state index is -3.24. The number of benzene rings is 1. The molecule has 0 amide bonds. The van der Waals surface area contributed by atoms with Crippen LogP contribution in [-0.2, 0) is 15.4 Å². The summed E-state index contributed by atoms with van der Waals surface area (Å²) in [6, 6.07) is 6.88. The van der Waals surface area contributed by atoms with Crippen LogP contribution in [0, 0.1) is 5.82 Å². The number of hydrogen-bond donors (Lipinski definition) is 2. The monoisotopic (exact) mass is 414 g/mol. The molecular weight excluding hydrogens is 387 g/mol. The van der Waals surface area contributed by atoms with Gasteiger partial charge in [-0.1, -0.05) is 18.2 Å². The zero-order valence-electron chi connectivity index (χ0n) is 15.6. The third-order valence-corrected chi connectivity index (χ3v) is 7.95. The van der Waals surface area contributed by atoms with Crippen LogP contribution in [0.1, 0.15) is 18.4 Å². The van der Waals surface area contributed by atoms with Crippen molar-refractivity contribution >= 4 is 27.7 Å². The van der Waals surface area contributed by atoms with E-state index in [0.717, 1.165) is 29.9 Å². The standard InChI is InChI=1S/C18H27FN4O2S2/c1-20-17(21-8-13-27(24,25)23-9-11-26-12-10-23)22-14-18(6-7-18)15-4-2-3-5-16(15)19/h2-5H,6-14H2,1H3,(H2,20,21,22). The number of halogens is 1. The van der Waals surface area contributed by atoms with Crippen LogP contribution < -0.4 is 10.6 Å². The van der Waals surface area contributed by atoms with Crippen molar-refractivity contribution in [3.63, 3.8) is 0 Å². The second kappa shape index (κ2) is 8.79. The fraction of sp³-hybridized carbons (Fsp3) is 0.611. The van der Waals surface area contributed by atoms with E-state index in [9.17, 15) is 12.8 Å². The second-order valence-electron chi connectivity index (χ2n) is 6.94. The number of rotatable bonds is 7. The summed E-state index contributed by atoms with van der Waals surface area (Å²) in [4.78, 5) is 4.16. The molecule has 0 bridgehead atoms. The lowest BCUT2D eigenvalue weighted by Crippen LogP contribution is -2.45. The lowest BCUT2D eigenvalue weighted by molar-refractivity contribution is 0.443.